The van der Waals surface area contributed by atoms with Crippen LogP contribution in [-0.4, -0.2) is 4.98 Å². The molecule has 0 spiro atoms. The van der Waals surface area contributed by atoms with E-state index in [-0.39, 0.29) is 22.7 Å². The van der Waals surface area contributed by atoms with E-state index in [1.54, 1.807) is 0 Å². The van der Waals surface area contributed by atoms with E-state index in [9.17, 15) is 13.2 Å². The second kappa shape index (κ2) is 5.51. The predicted octanol–water partition coefficient (Wildman–Crippen LogP) is 4.49. The molecular weight excluding hydrogens is 289 g/mol. The molecule has 102 valence electrons. The second-order valence-electron chi connectivity index (χ2n) is 4.06. The SMILES string of the molecule is N#CCc1cnc(Cl)c(-c2ccccc2C(F)(F)F)c1. The predicted molar refractivity (Wildman–Crippen MR) is 69.0 cm³/mol. The highest BCUT2D eigenvalue weighted by molar-refractivity contribution is 6.32. The van der Waals surface area contributed by atoms with Crippen LogP contribution in [0.15, 0.2) is 36.5 Å². The smallest absolute Gasteiger partial charge is 0.244 e. The van der Waals surface area contributed by atoms with Gasteiger partial charge in [-0.15, -0.1) is 0 Å². The fourth-order valence-corrected chi connectivity index (χ4v) is 2.04. The molecular formula is C14H8ClF3N2. The summed E-state index contributed by atoms with van der Waals surface area (Å²) in [6.45, 7) is 0. The third-order valence-electron chi connectivity index (χ3n) is 2.70. The number of benzene rings is 1. The third kappa shape index (κ3) is 2.91. The van der Waals surface area contributed by atoms with Crippen LogP contribution in [0.1, 0.15) is 11.1 Å². The zero-order chi connectivity index (χ0) is 14.8. The Labute approximate surface area is 118 Å². The summed E-state index contributed by atoms with van der Waals surface area (Å²) >= 11 is 5.89. The lowest BCUT2D eigenvalue weighted by Crippen LogP contribution is -2.07. The molecule has 0 aliphatic rings. The molecule has 0 atom stereocenters. The molecule has 0 saturated carbocycles. The van der Waals surface area contributed by atoms with E-state index in [1.165, 1.54) is 30.5 Å². The van der Waals surface area contributed by atoms with E-state index in [0.29, 0.717) is 5.56 Å². The molecule has 0 fully saturated rings. The normalized spacial score (nSPS) is 11.2. The number of nitrogens with zero attached hydrogens (tertiary/aromatic N) is 2. The number of hydrogen-bond donors (Lipinski definition) is 0. The van der Waals surface area contributed by atoms with Gasteiger partial charge in [-0.05, 0) is 23.3 Å². The molecule has 0 amide bonds. The monoisotopic (exact) mass is 296 g/mol. The average Bonchev–Trinajstić information content (AvgIpc) is 2.40. The van der Waals surface area contributed by atoms with Gasteiger partial charge in [-0.3, -0.25) is 0 Å². The van der Waals surface area contributed by atoms with Crippen molar-refractivity contribution in [1.29, 1.82) is 5.26 Å². The van der Waals surface area contributed by atoms with Crippen LogP contribution in [0.5, 0.6) is 0 Å². The maximum Gasteiger partial charge on any atom is 0.417 e. The van der Waals surface area contributed by atoms with Crippen molar-refractivity contribution in [3.05, 3.63) is 52.8 Å². The van der Waals surface area contributed by atoms with Crippen molar-refractivity contribution in [2.45, 2.75) is 12.6 Å². The summed E-state index contributed by atoms with van der Waals surface area (Å²) in [4.78, 5) is 3.84. The van der Waals surface area contributed by atoms with Gasteiger partial charge in [0.15, 0.2) is 0 Å². The molecule has 2 aromatic rings. The van der Waals surface area contributed by atoms with E-state index < -0.39 is 11.7 Å². The third-order valence-corrected chi connectivity index (χ3v) is 3.00. The molecule has 20 heavy (non-hydrogen) atoms. The van der Waals surface area contributed by atoms with Crippen LogP contribution in [0.3, 0.4) is 0 Å². The Balaban J connectivity index is 2.63. The summed E-state index contributed by atoms with van der Waals surface area (Å²) < 4.78 is 39.0. The topological polar surface area (TPSA) is 36.7 Å². The first-order valence-corrected chi connectivity index (χ1v) is 5.99. The molecule has 0 bridgehead atoms. The lowest BCUT2D eigenvalue weighted by atomic mass is 9.99. The first kappa shape index (κ1) is 14.4. The molecule has 0 radical (unpaired) electrons. The fourth-order valence-electron chi connectivity index (χ4n) is 1.83. The van der Waals surface area contributed by atoms with E-state index in [1.807, 2.05) is 6.07 Å². The summed E-state index contributed by atoms with van der Waals surface area (Å²) in [5, 5.41) is 8.62. The number of aromatic nitrogens is 1. The van der Waals surface area contributed by atoms with Gasteiger partial charge in [-0.1, -0.05) is 29.8 Å². The van der Waals surface area contributed by atoms with Gasteiger partial charge in [-0.2, -0.15) is 18.4 Å². The van der Waals surface area contributed by atoms with Gasteiger partial charge < -0.3 is 0 Å². The lowest BCUT2D eigenvalue weighted by Gasteiger charge is -2.13. The lowest BCUT2D eigenvalue weighted by molar-refractivity contribution is -0.137. The summed E-state index contributed by atoms with van der Waals surface area (Å²) in [6, 6.07) is 8.52. The summed E-state index contributed by atoms with van der Waals surface area (Å²) in [5.41, 5.74) is -0.133. The van der Waals surface area contributed by atoms with Crippen LogP contribution in [-0.2, 0) is 12.6 Å². The van der Waals surface area contributed by atoms with Crippen molar-refractivity contribution in [3.8, 4) is 17.2 Å². The number of rotatable bonds is 2. The number of pyridine rings is 1. The highest BCUT2D eigenvalue weighted by atomic mass is 35.5. The van der Waals surface area contributed by atoms with Crippen molar-refractivity contribution >= 4 is 11.6 Å². The van der Waals surface area contributed by atoms with Gasteiger partial charge in [0.1, 0.15) is 5.15 Å². The molecule has 2 rings (SSSR count). The number of nitriles is 1. The maximum absolute atomic E-state index is 13.0. The van der Waals surface area contributed by atoms with E-state index >= 15 is 0 Å². The highest BCUT2D eigenvalue weighted by Gasteiger charge is 2.33. The quantitative estimate of drug-likeness (QED) is 0.766. The minimum atomic E-state index is -4.48. The Morgan fingerprint density at radius 1 is 1.20 bits per heavy atom. The molecule has 0 N–H and O–H groups in total. The van der Waals surface area contributed by atoms with Crippen LogP contribution in [0.2, 0.25) is 5.15 Å². The number of halogens is 4. The highest BCUT2D eigenvalue weighted by Crippen LogP contribution is 2.38. The van der Waals surface area contributed by atoms with Crippen LogP contribution in [0, 0.1) is 11.3 Å². The largest absolute Gasteiger partial charge is 0.417 e. The van der Waals surface area contributed by atoms with Crippen molar-refractivity contribution in [2.75, 3.05) is 0 Å². The first-order chi connectivity index (χ1) is 9.43. The Hall–Kier alpha value is -2.06. The molecule has 1 aromatic carbocycles. The minimum absolute atomic E-state index is 0.0246. The van der Waals surface area contributed by atoms with Gasteiger partial charge in [0, 0.05) is 11.8 Å². The van der Waals surface area contributed by atoms with E-state index in [4.69, 9.17) is 16.9 Å². The number of alkyl halides is 3. The zero-order valence-corrected chi connectivity index (χ0v) is 10.8. The molecule has 0 unspecified atom stereocenters. The summed E-state index contributed by atoms with van der Waals surface area (Å²) in [7, 11) is 0. The molecule has 1 heterocycles. The fraction of sp³-hybridized carbons (Fsp3) is 0.143. The van der Waals surface area contributed by atoms with Crippen LogP contribution in [0.25, 0.3) is 11.1 Å². The Kier molecular flexibility index (Phi) is 3.96. The van der Waals surface area contributed by atoms with Crippen molar-refractivity contribution in [2.24, 2.45) is 0 Å². The Morgan fingerprint density at radius 2 is 1.90 bits per heavy atom. The van der Waals surface area contributed by atoms with Gasteiger partial charge in [0.25, 0.3) is 0 Å². The molecule has 6 heteroatoms. The zero-order valence-electron chi connectivity index (χ0n) is 10.1. The summed E-state index contributed by atoms with van der Waals surface area (Å²) in [5.74, 6) is 0. The average molecular weight is 297 g/mol. The van der Waals surface area contributed by atoms with Gasteiger partial charge >= 0.3 is 6.18 Å². The van der Waals surface area contributed by atoms with Crippen LogP contribution in [0.4, 0.5) is 13.2 Å². The molecule has 1 aromatic heterocycles. The van der Waals surface area contributed by atoms with Crippen molar-refractivity contribution < 1.29 is 13.2 Å². The van der Waals surface area contributed by atoms with E-state index in [2.05, 4.69) is 4.98 Å². The second-order valence-corrected chi connectivity index (χ2v) is 4.42. The summed E-state index contributed by atoms with van der Waals surface area (Å²) in [6.07, 6.45) is -3.04. The van der Waals surface area contributed by atoms with Gasteiger partial charge in [0.2, 0.25) is 0 Å². The molecule has 0 aliphatic heterocycles. The number of hydrogen-bond acceptors (Lipinski definition) is 2. The van der Waals surface area contributed by atoms with Gasteiger partial charge in [0.05, 0.1) is 18.1 Å². The first-order valence-electron chi connectivity index (χ1n) is 5.61. The Morgan fingerprint density at radius 3 is 2.55 bits per heavy atom. The minimum Gasteiger partial charge on any atom is -0.244 e. The molecule has 2 nitrogen and oxygen atoms in total. The van der Waals surface area contributed by atoms with E-state index in [0.717, 1.165) is 6.07 Å². The standard InChI is InChI=1S/C14H8ClF3N2/c15-13-11(7-9(5-6-19)8-20-13)10-3-1-2-4-12(10)14(16,17)18/h1-4,7-8H,5H2. The Bertz CT molecular complexity index is 675. The van der Waals surface area contributed by atoms with Crippen LogP contribution >= 0.6 is 11.6 Å². The van der Waals surface area contributed by atoms with Crippen molar-refractivity contribution in [1.82, 2.24) is 4.98 Å². The van der Waals surface area contributed by atoms with Gasteiger partial charge in [-0.25, -0.2) is 4.98 Å². The van der Waals surface area contributed by atoms with Crippen molar-refractivity contribution in [3.63, 3.8) is 0 Å². The molecule has 0 aliphatic carbocycles. The molecule has 0 saturated heterocycles. The maximum atomic E-state index is 13.0. The van der Waals surface area contributed by atoms with Crippen LogP contribution < -0.4 is 0 Å².